The zero-order valence-electron chi connectivity index (χ0n) is 15.6. The molecule has 1 rings (SSSR count). The van der Waals surface area contributed by atoms with E-state index in [-0.39, 0.29) is 24.4 Å². The highest BCUT2D eigenvalue weighted by Crippen LogP contribution is 2.34. The summed E-state index contributed by atoms with van der Waals surface area (Å²) < 4.78 is 15.0. The van der Waals surface area contributed by atoms with Crippen molar-refractivity contribution in [3.63, 3.8) is 0 Å². The van der Waals surface area contributed by atoms with Gasteiger partial charge in [-0.25, -0.2) is 0 Å². The minimum Gasteiger partial charge on any atom is -0.507 e. The molecule has 0 saturated heterocycles. The number of terminal acetylenes is 1. The SMILES string of the molecule is C#COCCOCCOC(=O)CCc1cc(C)c(O)c(C(C)(C)C)c1. The third kappa shape index (κ3) is 7.49. The number of hydrogen-bond donors (Lipinski definition) is 1. The molecule has 0 spiro atoms. The zero-order valence-corrected chi connectivity index (χ0v) is 15.6. The molecule has 25 heavy (non-hydrogen) atoms. The largest absolute Gasteiger partial charge is 0.507 e. The third-order valence-electron chi connectivity index (χ3n) is 3.69. The lowest BCUT2D eigenvalue weighted by Crippen LogP contribution is -2.14. The van der Waals surface area contributed by atoms with Crippen LogP contribution in [0.4, 0.5) is 0 Å². The number of carbonyl (C=O) groups is 1. The van der Waals surface area contributed by atoms with Crippen molar-refractivity contribution >= 4 is 5.97 Å². The van der Waals surface area contributed by atoms with Crippen LogP contribution in [-0.2, 0) is 30.8 Å². The van der Waals surface area contributed by atoms with Gasteiger partial charge in [0.05, 0.1) is 13.2 Å². The van der Waals surface area contributed by atoms with Crippen LogP contribution < -0.4 is 0 Å². The topological polar surface area (TPSA) is 65.0 Å². The standard InChI is InChI=1S/C20H28O5/c1-6-23-9-10-24-11-12-25-18(21)8-7-16-13-15(2)19(22)17(14-16)20(3,4)5/h1,13-14,22H,7-12H2,2-5H3. The normalized spacial score (nSPS) is 11.0. The van der Waals surface area contributed by atoms with Crippen molar-refractivity contribution in [3.8, 4) is 18.3 Å². The number of ether oxygens (including phenoxy) is 3. The first-order chi connectivity index (χ1) is 11.8. The lowest BCUT2D eigenvalue weighted by atomic mass is 9.83. The smallest absolute Gasteiger partial charge is 0.306 e. The van der Waals surface area contributed by atoms with Crippen LogP contribution in [0.5, 0.6) is 5.75 Å². The van der Waals surface area contributed by atoms with Crippen LogP contribution in [-0.4, -0.2) is 37.5 Å². The Bertz CT molecular complexity index is 608. The van der Waals surface area contributed by atoms with Gasteiger partial charge >= 0.3 is 5.97 Å². The van der Waals surface area contributed by atoms with Crippen molar-refractivity contribution < 1.29 is 24.1 Å². The van der Waals surface area contributed by atoms with Crippen LogP contribution in [0.15, 0.2) is 12.1 Å². The first kappa shape index (κ1) is 20.9. The summed E-state index contributed by atoms with van der Waals surface area (Å²) in [5.41, 5.74) is 2.56. The highest BCUT2D eigenvalue weighted by Gasteiger charge is 2.20. The molecule has 0 aliphatic carbocycles. The molecule has 0 heterocycles. The number of esters is 1. The van der Waals surface area contributed by atoms with Gasteiger partial charge in [0, 0.05) is 6.42 Å². The molecular formula is C20H28O5. The van der Waals surface area contributed by atoms with Crippen LogP contribution in [0.1, 0.15) is 43.9 Å². The van der Waals surface area contributed by atoms with E-state index in [1.165, 1.54) is 0 Å². The molecule has 0 radical (unpaired) electrons. The molecule has 0 unspecified atom stereocenters. The van der Waals surface area contributed by atoms with E-state index in [0.717, 1.165) is 16.7 Å². The van der Waals surface area contributed by atoms with E-state index in [9.17, 15) is 9.90 Å². The Kier molecular flexibility index (Phi) is 8.30. The number of phenolic OH excluding ortho intramolecular Hbond substituents is 1. The summed E-state index contributed by atoms with van der Waals surface area (Å²) in [5.74, 6) is 0.0521. The zero-order chi connectivity index (χ0) is 18.9. The average molecular weight is 348 g/mol. The van der Waals surface area contributed by atoms with E-state index in [4.69, 9.17) is 15.9 Å². The summed E-state index contributed by atoms with van der Waals surface area (Å²) in [6.45, 7) is 9.22. The number of phenols is 1. The molecule has 1 aromatic carbocycles. The highest BCUT2D eigenvalue weighted by molar-refractivity contribution is 5.69. The van der Waals surface area contributed by atoms with Crippen molar-refractivity contribution in [2.45, 2.75) is 46.0 Å². The van der Waals surface area contributed by atoms with E-state index >= 15 is 0 Å². The lowest BCUT2D eigenvalue weighted by molar-refractivity contribution is -0.145. The molecule has 0 atom stereocenters. The van der Waals surface area contributed by atoms with Gasteiger partial charge in [0.25, 0.3) is 0 Å². The second kappa shape index (κ2) is 9.95. The minimum atomic E-state index is -0.272. The number of benzene rings is 1. The molecule has 138 valence electrons. The molecule has 0 saturated carbocycles. The number of rotatable bonds is 9. The van der Waals surface area contributed by atoms with Gasteiger partial charge in [-0.3, -0.25) is 4.79 Å². The Balaban J connectivity index is 2.41. The van der Waals surface area contributed by atoms with Crippen LogP contribution in [0, 0.1) is 19.5 Å². The van der Waals surface area contributed by atoms with Gasteiger partial charge in [-0.15, -0.1) is 0 Å². The quantitative estimate of drug-likeness (QED) is 0.422. The summed E-state index contributed by atoms with van der Waals surface area (Å²) in [6.07, 6.45) is 7.83. The molecule has 0 fully saturated rings. The van der Waals surface area contributed by atoms with Crippen molar-refractivity contribution in [1.29, 1.82) is 0 Å². The Morgan fingerprint density at radius 1 is 1.20 bits per heavy atom. The number of carbonyl (C=O) groups excluding carboxylic acids is 1. The van der Waals surface area contributed by atoms with E-state index in [1.807, 2.05) is 45.9 Å². The Morgan fingerprint density at radius 2 is 1.88 bits per heavy atom. The second-order valence-corrected chi connectivity index (χ2v) is 6.86. The predicted molar refractivity (Wildman–Crippen MR) is 96.4 cm³/mol. The molecule has 1 aromatic rings. The number of aromatic hydroxyl groups is 1. The maximum absolute atomic E-state index is 11.8. The predicted octanol–water partition coefficient (Wildman–Crippen LogP) is 3.10. The summed E-state index contributed by atoms with van der Waals surface area (Å²) in [6, 6.07) is 3.87. The van der Waals surface area contributed by atoms with Crippen molar-refractivity contribution in [3.05, 3.63) is 28.8 Å². The van der Waals surface area contributed by atoms with Crippen LogP contribution in [0.3, 0.4) is 0 Å². The first-order valence-electron chi connectivity index (χ1n) is 8.39. The molecule has 0 amide bonds. The van der Waals surface area contributed by atoms with Crippen molar-refractivity contribution in [2.75, 3.05) is 26.4 Å². The lowest BCUT2D eigenvalue weighted by Gasteiger charge is -2.22. The van der Waals surface area contributed by atoms with E-state index in [2.05, 4.69) is 4.74 Å². The molecule has 5 nitrogen and oxygen atoms in total. The summed E-state index contributed by atoms with van der Waals surface area (Å²) in [4.78, 5) is 11.8. The molecule has 0 bridgehead atoms. The van der Waals surface area contributed by atoms with Crippen molar-refractivity contribution in [1.82, 2.24) is 0 Å². The van der Waals surface area contributed by atoms with E-state index in [1.54, 1.807) is 0 Å². The van der Waals surface area contributed by atoms with Gasteiger partial charge in [0.15, 0.2) is 0 Å². The first-order valence-corrected chi connectivity index (χ1v) is 8.39. The van der Waals surface area contributed by atoms with E-state index < -0.39 is 0 Å². The monoisotopic (exact) mass is 348 g/mol. The molecular weight excluding hydrogens is 320 g/mol. The summed E-state index contributed by atoms with van der Waals surface area (Å²) >= 11 is 0. The highest BCUT2D eigenvalue weighted by atomic mass is 16.6. The molecule has 1 N–H and O–H groups in total. The molecule has 0 aliphatic rings. The molecule has 0 aliphatic heterocycles. The van der Waals surface area contributed by atoms with Crippen LogP contribution in [0.2, 0.25) is 0 Å². The number of aryl methyl sites for hydroxylation is 2. The van der Waals surface area contributed by atoms with Gasteiger partial charge in [-0.05, 0) is 35.4 Å². The fraction of sp³-hybridized carbons (Fsp3) is 0.550. The van der Waals surface area contributed by atoms with Gasteiger partial charge in [-0.2, -0.15) is 0 Å². The van der Waals surface area contributed by atoms with Gasteiger partial charge < -0.3 is 19.3 Å². The Morgan fingerprint density at radius 3 is 2.52 bits per heavy atom. The second-order valence-electron chi connectivity index (χ2n) is 6.86. The molecule has 0 aromatic heterocycles. The third-order valence-corrected chi connectivity index (χ3v) is 3.69. The maximum Gasteiger partial charge on any atom is 0.306 e. The van der Waals surface area contributed by atoms with Crippen LogP contribution in [0.25, 0.3) is 0 Å². The Labute approximate surface area is 150 Å². The maximum atomic E-state index is 11.8. The Hall–Kier alpha value is -2.19. The van der Waals surface area contributed by atoms with Gasteiger partial charge in [0.2, 0.25) is 0 Å². The van der Waals surface area contributed by atoms with Gasteiger partial charge in [0.1, 0.15) is 25.1 Å². The fourth-order valence-corrected chi connectivity index (χ4v) is 2.36. The summed E-state index contributed by atoms with van der Waals surface area (Å²) in [7, 11) is 0. The minimum absolute atomic E-state index is 0.161. The fourth-order valence-electron chi connectivity index (χ4n) is 2.36. The summed E-state index contributed by atoms with van der Waals surface area (Å²) in [5, 5.41) is 10.2. The number of hydrogen-bond acceptors (Lipinski definition) is 5. The van der Waals surface area contributed by atoms with E-state index in [0.29, 0.717) is 32.0 Å². The van der Waals surface area contributed by atoms with Crippen molar-refractivity contribution in [2.24, 2.45) is 0 Å². The average Bonchev–Trinajstić information content (AvgIpc) is 2.53. The van der Waals surface area contributed by atoms with Gasteiger partial charge in [-0.1, -0.05) is 39.3 Å². The van der Waals surface area contributed by atoms with Crippen LogP contribution >= 0.6 is 0 Å². The molecule has 5 heteroatoms.